The van der Waals surface area contributed by atoms with Crippen LogP contribution in [0.4, 0.5) is 0 Å². The summed E-state index contributed by atoms with van der Waals surface area (Å²) in [5.41, 5.74) is 2.66. The van der Waals surface area contributed by atoms with Crippen molar-refractivity contribution in [1.82, 2.24) is 20.3 Å². The van der Waals surface area contributed by atoms with Gasteiger partial charge in [0.1, 0.15) is 5.76 Å². The number of piperazine rings is 1. The molecule has 0 radical (unpaired) electrons. The molecule has 1 N–H and O–H groups in total. The molecule has 2 aromatic rings. The molecule has 0 spiro atoms. The van der Waals surface area contributed by atoms with E-state index in [-0.39, 0.29) is 5.41 Å². The highest BCUT2D eigenvalue weighted by Crippen LogP contribution is 2.49. The number of rotatable bonds is 5. The third kappa shape index (κ3) is 4.25. The van der Waals surface area contributed by atoms with Crippen LogP contribution in [0.5, 0.6) is 0 Å². The van der Waals surface area contributed by atoms with Crippen LogP contribution in [-0.4, -0.2) is 60.7 Å². The fraction of sp³-hybridized carbons (Fsp3) is 0.524. The number of benzene rings is 1. The maximum atomic E-state index is 5.18. The number of nitrogens with one attached hydrogen (secondary N) is 1. The van der Waals surface area contributed by atoms with Gasteiger partial charge in [0, 0.05) is 62.3 Å². The van der Waals surface area contributed by atoms with E-state index in [4.69, 9.17) is 4.52 Å². The molecular weight excluding hydrogens is 418 g/mol. The standard InChI is InChI=1S/C21H28BrN5O/c1-16-13-17(25-28-16)14-26-9-11-27(12-10-26)20(23-2)24-15-21(7-8-21)18-5-3-4-6-19(18)22/h3-6,13H,7-12,14-15H2,1-2H3,(H,23,24). The molecule has 6 nitrogen and oxygen atoms in total. The van der Waals surface area contributed by atoms with E-state index in [9.17, 15) is 0 Å². The lowest BCUT2D eigenvalue weighted by Crippen LogP contribution is -2.53. The van der Waals surface area contributed by atoms with Gasteiger partial charge in [0.15, 0.2) is 5.96 Å². The molecule has 2 heterocycles. The predicted molar refractivity (Wildman–Crippen MR) is 115 cm³/mol. The molecule has 2 fully saturated rings. The molecular formula is C21H28BrN5O. The van der Waals surface area contributed by atoms with Gasteiger partial charge in [0.2, 0.25) is 0 Å². The van der Waals surface area contributed by atoms with Crippen LogP contribution in [0.3, 0.4) is 0 Å². The van der Waals surface area contributed by atoms with E-state index < -0.39 is 0 Å². The Hall–Kier alpha value is -1.86. The van der Waals surface area contributed by atoms with Crippen molar-refractivity contribution in [2.24, 2.45) is 4.99 Å². The summed E-state index contributed by atoms with van der Waals surface area (Å²) in [6.45, 7) is 7.66. The zero-order valence-electron chi connectivity index (χ0n) is 16.6. The second kappa shape index (κ2) is 8.25. The minimum absolute atomic E-state index is 0.239. The summed E-state index contributed by atoms with van der Waals surface area (Å²) < 4.78 is 6.39. The molecule has 7 heteroatoms. The SMILES string of the molecule is CN=C(NCC1(c2ccccc2Br)CC1)N1CCN(Cc2cc(C)on2)CC1. The Balaban J connectivity index is 1.30. The van der Waals surface area contributed by atoms with Gasteiger partial charge in [-0.05, 0) is 31.4 Å². The van der Waals surface area contributed by atoms with E-state index in [1.165, 1.54) is 22.9 Å². The lowest BCUT2D eigenvalue weighted by Gasteiger charge is -2.36. The highest BCUT2D eigenvalue weighted by molar-refractivity contribution is 9.10. The summed E-state index contributed by atoms with van der Waals surface area (Å²) in [5.74, 6) is 1.88. The fourth-order valence-electron chi connectivity index (χ4n) is 4.00. The minimum Gasteiger partial charge on any atom is -0.361 e. The molecule has 150 valence electrons. The van der Waals surface area contributed by atoms with Crippen molar-refractivity contribution in [1.29, 1.82) is 0 Å². The maximum absolute atomic E-state index is 5.18. The molecule has 4 rings (SSSR count). The van der Waals surface area contributed by atoms with Gasteiger partial charge < -0.3 is 14.7 Å². The van der Waals surface area contributed by atoms with E-state index in [1.54, 1.807) is 0 Å². The molecule has 0 unspecified atom stereocenters. The third-order valence-corrected chi connectivity index (χ3v) is 6.52. The number of halogens is 1. The van der Waals surface area contributed by atoms with Gasteiger partial charge in [-0.3, -0.25) is 9.89 Å². The summed E-state index contributed by atoms with van der Waals surface area (Å²) in [5, 5.41) is 7.75. The summed E-state index contributed by atoms with van der Waals surface area (Å²) in [6, 6.07) is 10.6. The number of guanidine groups is 1. The zero-order chi connectivity index (χ0) is 19.6. The lowest BCUT2D eigenvalue weighted by molar-refractivity contribution is 0.169. The van der Waals surface area contributed by atoms with Crippen LogP contribution in [0, 0.1) is 6.92 Å². The molecule has 1 saturated heterocycles. The van der Waals surface area contributed by atoms with Gasteiger partial charge in [-0.1, -0.05) is 39.3 Å². The number of hydrogen-bond donors (Lipinski definition) is 1. The first-order valence-electron chi connectivity index (χ1n) is 9.95. The van der Waals surface area contributed by atoms with Crippen LogP contribution in [0.15, 0.2) is 44.3 Å². The first kappa shape index (κ1) is 19.5. The van der Waals surface area contributed by atoms with Gasteiger partial charge in [-0.25, -0.2) is 0 Å². The van der Waals surface area contributed by atoms with Gasteiger partial charge in [0.25, 0.3) is 0 Å². The van der Waals surface area contributed by atoms with Gasteiger partial charge in [-0.15, -0.1) is 0 Å². The monoisotopic (exact) mass is 445 g/mol. The Bertz CT molecular complexity index is 837. The summed E-state index contributed by atoms with van der Waals surface area (Å²) in [4.78, 5) is 9.33. The Labute approximate surface area is 175 Å². The molecule has 1 saturated carbocycles. The number of aryl methyl sites for hydroxylation is 1. The van der Waals surface area contributed by atoms with Crippen LogP contribution in [0.25, 0.3) is 0 Å². The molecule has 1 aliphatic heterocycles. The average Bonchev–Trinajstić information content (AvgIpc) is 3.38. The predicted octanol–water partition coefficient (Wildman–Crippen LogP) is 3.17. The molecule has 0 amide bonds. The average molecular weight is 446 g/mol. The summed E-state index contributed by atoms with van der Waals surface area (Å²) in [6.07, 6.45) is 2.45. The molecule has 2 aliphatic rings. The second-order valence-corrected chi connectivity index (χ2v) is 8.71. The Morgan fingerprint density at radius 2 is 2.00 bits per heavy atom. The Kier molecular flexibility index (Phi) is 5.73. The molecule has 1 aliphatic carbocycles. The van der Waals surface area contributed by atoms with Crippen LogP contribution in [0.1, 0.15) is 29.9 Å². The van der Waals surface area contributed by atoms with Crippen molar-refractivity contribution >= 4 is 21.9 Å². The first-order chi connectivity index (χ1) is 13.6. The smallest absolute Gasteiger partial charge is 0.193 e. The maximum Gasteiger partial charge on any atom is 0.193 e. The largest absolute Gasteiger partial charge is 0.361 e. The van der Waals surface area contributed by atoms with E-state index >= 15 is 0 Å². The van der Waals surface area contributed by atoms with E-state index in [0.29, 0.717) is 0 Å². The van der Waals surface area contributed by atoms with Gasteiger partial charge >= 0.3 is 0 Å². The van der Waals surface area contributed by atoms with Crippen molar-refractivity contribution in [3.8, 4) is 0 Å². The summed E-state index contributed by atoms with van der Waals surface area (Å²) >= 11 is 3.72. The zero-order valence-corrected chi connectivity index (χ0v) is 18.2. The van der Waals surface area contributed by atoms with Crippen LogP contribution in [-0.2, 0) is 12.0 Å². The van der Waals surface area contributed by atoms with Gasteiger partial charge in [0.05, 0.1) is 5.69 Å². The van der Waals surface area contributed by atoms with Crippen LogP contribution < -0.4 is 5.32 Å². The normalized spacial score (nSPS) is 19.7. The Morgan fingerprint density at radius 1 is 1.25 bits per heavy atom. The second-order valence-electron chi connectivity index (χ2n) is 7.85. The minimum atomic E-state index is 0.239. The van der Waals surface area contributed by atoms with Crippen LogP contribution >= 0.6 is 15.9 Å². The molecule has 28 heavy (non-hydrogen) atoms. The van der Waals surface area contributed by atoms with Crippen molar-refractivity contribution in [2.75, 3.05) is 39.8 Å². The van der Waals surface area contributed by atoms with Crippen molar-refractivity contribution < 1.29 is 4.52 Å². The number of hydrogen-bond acceptors (Lipinski definition) is 4. The highest BCUT2D eigenvalue weighted by Gasteiger charge is 2.45. The first-order valence-corrected chi connectivity index (χ1v) is 10.7. The molecule has 1 aromatic heterocycles. The van der Waals surface area contributed by atoms with E-state index in [0.717, 1.165) is 56.7 Å². The van der Waals surface area contributed by atoms with Gasteiger partial charge in [-0.2, -0.15) is 0 Å². The van der Waals surface area contributed by atoms with Crippen molar-refractivity contribution in [3.05, 3.63) is 51.8 Å². The number of nitrogens with zero attached hydrogens (tertiary/aromatic N) is 4. The fourth-order valence-corrected chi connectivity index (χ4v) is 4.71. The molecule has 0 bridgehead atoms. The number of aliphatic imine (C=N–C) groups is 1. The highest BCUT2D eigenvalue weighted by atomic mass is 79.9. The lowest BCUT2D eigenvalue weighted by atomic mass is 9.96. The van der Waals surface area contributed by atoms with E-state index in [2.05, 4.69) is 65.5 Å². The van der Waals surface area contributed by atoms with E-state index in [1.807, 2.05) is 20.0 Å². The summed E-state index contributed by atoms with van der Waals surface area (Å²) in [7, 11) is 1.88. The molecule has 1 aromatic carbocycles. The topological polar surface area (TPSA) is 56.9 Å². The number of aromatic nitrogens is 1. The Morgan fingerprint density at radius 3 is 2.61 bits per heavy atom. The van der Waals surface area contributed by atoms with Crippen molar-refractivity contribution in [3.63, 3.8) is 0 Å². The molecule has 0 atom stereocenters. The van der Waals surface area contributed by atoms with Crippen LogP contribution in [0.2, 0.25) is 0 Å². The van der Waals surface area contributed by atoms with Crippen molar-refractivity contribution in [2.45, 2.75) is 31.7 Å². The third-order valence-electron chi connectivity index (χ3n) is 5.83. The quantitative estimate of drug-likeness (QED) is 0.565.